The lowest BCUT2D eigenvalue weighted by atomic mass is 10.0. The highest BCUT2D eigenvalue weighted by molar-refractivity contribution is 5.68. The zero-order chi connectivity index (χ0) is 16.8. The molecule has 4 nitrogen and oxygen atoms in total. The Morgan fingerprint density at radius 1 is 1.14 bits per heavy atom. The summed E-state index contributed by atoms with van der Waals surface area (Å²) >= 11 is 0. The van der Waals surface area contributed by atoms with Gasteiger partial charge in [-0.15, -0.1) is 0 Å². The van der Waals surface area contributed by atoms with Crippen molar-refractivity contribution in [3.05, 3.63) is 35.9 Å². The summed E-state index contributed by atoms with van der Waals surface area (Å²) in [6, 6.07) is 10.4. The first kappa shape index (κ1) is 18.5. The molecular formula is C18H30N2O2. The Balaban J connectivity index is 2.38. The van der Waals surface area contributed by atoms with Gasteiger partial charge in [0, 0.05) is 13.1 Å². The number of amides is 1. The number of rotatable bonds is 6. The molecule has 0 aromatic heterocycles. The van der Waals surface area contributed by atoms with Crippen LogP contribution in [0.5, 0.6) is 0 Å². The molecule has 0 heterocycles. The molecule has 1 atom stereocenters. The highest BCUT2D eigenvalue weighted by atomic mass is 16.6. The van der Waals surface area contributed by atoms with Crippen LogP contribution in [0.4, 0.5) is 4.79 Å². The molecule has 1 rings (SSSR count). The molecule has 22 heavy (non-hydrogen) atoms. The largest absolute Gasteiger partial charge is 0.444 e. The normalized spacial score (nSPS) is 13.5. The lowest BCUT2D eigenvalue weighted by Crippen LogP contribution is -2.52. The average Bonchev–Trinajstić information content (AvgIpc) is 2.36. The van der Waals surface area contributed by atoms with Gasteiger partial charge >= 0.3 is 6.09 Å². The van der Waals surface area contributed by atoms with Crippen molar-refractivity contribution in [1.82, 2.24) is 10.6 Å². The molecule has 0 radical (unpaired) electrons. The van der Waals surface area contributed by atoms with E-state index in [4.69, 9.17) is 4.74 Å². The van der Waals surface area contributed by atoms with Gasteiger partial charge in [0.1, 0.15) is 5.60 Å². The SMILES string of the molecule is CC(CNCC(C)(C)NC(=O)OC(C)(C)C)c1ccccc1. The minimum atomic E-state index is -0.477. The second kappa shape index (κ2) is 7.63. The fourth-order valence-corrected chi connectivity index (χ4v) is 2.12. The Kier molecular flexibility index (Phi) is 6.42. The smallest absolute Gasteiger partial charge is 0.408 e. The van der Waals surface area contributed by atoms with E-state index >= 15 is 0 Å². The molecular weight excluding hydrogens is 276 g/mol. The number of carbonyl (C=O) groups excluding carboxylic acids is 1. The number of nitrogens with one attached hydrogen (secondary N) is 2. The Hall–Kier alpha value is -1.55. The molecule has 0 saturated heterocycles. The van der Waals surface area contributed by atoms with Gasteiger partial charge in [-0.1, -0.05) is 37.3 Å². The molecule has 1 aromatic rings. The summed E-state index contributed by atoms with van der Waals surface area (Å²) in [6.07, 6.45) is -0.379. The number of ether oxygens (including phenoxy) is 1. The predicted octanol–water partition coefficient (Wildman–Crippen LogP) is 3.68. The van der Waals surface area contributed by atoms with Crippen molar-refractivity contribution < 1.29 is 9.53 Å². The van der Waals surface area contributed by atoms with E-state index in [1.54, 1.807) is 0 Å². The van der Waals surface area contributed by atoms with E-state index in [0.717, 1.165) is 6.54 Å². The summed E-state index contributed by atoms with van der Waals surface area (Å²) < 4.78 is 5.29. The highest BCUT2D eigenvalue weighted by Gasteiger charge is 2.24. The third-order valence-electron chi connectivity index (χ3n) is 3.23. The molecule has 0 spiro atoms. The van der Waals surface area contributed by atoms with Crippen molar-refractivity contribution in [2.45, 2.75) is 58.6 Å². The van der Waals surface area contributed by atoms with Crippen LogP contribution in [0.1, 0.15) is 53.0 Å². The maximum absolute atomic E-state index is 11.8. The average molecular weight is 306 g/mol. The molecule has 1 aromatic carbocycles. The maximum atomic E-state index is 11.8. The molecule has 4 heteroatoms. The van der Waals surface area contributed by atoms with Crippen LogP contribution in [0.25, 0.3) is 0 Å². The predicted molar refractivity (Wildman–Crippen MR) is 91.2 cm³/mol. The fraction of sp³-hybridized carbons (Fsp3) is 0.611. The highest BCUT2D eigenvalue weighted by Crippen LogP contribution is 2.13. The van der Waals surface area contributed by atoms with Crippen molar-refractivity contribution in [3.8, 4) is 0 Å². The van der Waals surface area contributed by atoms with Crippen molar-refractivity contribution >= 4 is 6.09 Å². The number of hydrogen-bond acceptors (Lipinski definition) is 3. The Labute approximate surface area is 134 Å². The third-order valence-corrected chi connectivity index (χ3v) is 3.23. The molecule has 0 saturated carbocycles. The van der Waals surface area contributed by atoms with Crippen LogP contribution in [-0.2, 0) is 4.74 Å². The van der Waals surface area contributed by atoms with Gasteiger partial charge in [0.2, 0.25) is 0 Å². The van der Waals surface area contributed by atoms with E-state index in [-0.39, 0.29) is 11.6 Å². The summed E-state index contributed by atoms with van der Waals surface area (Å²) in [4.78, 5) is 11.8. The van der Waals surface area contributed by atoms with Crippen molar-refractivity contribution in [2.24, 2.45) is 0 Å². The first-order valence-electron chi connectivity index (χ1n) is 7.86. The van der Waals surface area contributed by atoms with Crippen LogP contribution in [0, 0.1) is 0 Å². The van der Waals surface area contributed by atoms with Crippen LogP contribution >= 0.6 is 0 Å². The summed E-state index contributed by atoms with van der Waals surface area (Å²) in [7, 11) is 0. The fourth-order valence-electron chi connectivity index (χ4n) is 2.12. The van der Waals surface area contributed by atoms with Crippen LogP contribution in [0.3, 0.4) is 0 Å². The second-order valence-corrected chi connectivity index (χ2v) is 7.45. The zero-order valence-corrected chi connectivity index (χ0v) is 14.7. The standard InChI is InChI=1S/C18H30N2O2/c1-14(15-10-8-7-9-11-15)12-19-13-18(5,6)20-16(21)22-17(2,3)4/h7-11,14,19H,12-13H2,1-6H3,(H,20,21). The first-order chi connectivity index (χ1) is 10.1. The zero-order valence-electron chi connectivity index (χ0n) is 14.7. The lowest BCUT2D eigenvalue weighted by molar-refractivity contribution is 0.0472. The summed E-state index contributed by atoms with van der Waals surface area (Å²) in [5.74, 6) is 0.429. The number of carbonyl (C=O) groups is 1. The van der Waals surface area contributed by atoms with Gasteiger partial charge in [-0.2, -0.15) is 0 Å². The molecule has 0 aliphatic carbocycles. The van der Waals surface area contributed by atoms with Crippen molar-refractivity contribution in [2.75, 3.05) is 13.1 Å². The first-order valence-corrected chi connectivity index (χ1v) is 7.86. The molecule has 0 aliphatic heterocycles. The van der Waals surface area contributed by atoms with Gasteiger partial charge in [-0.25, -0.2) is 4.79 Å². The van der Waals surface area contributed by atoms with Crippen molar-refractivity contribution in [3.63, 3.8) is 0 Å². The number of alkyl carbamates (subject to hydrolysis) is 1. The van der Waals surface area contributed by atoms with E-state index in [9.17, 15) is 4.79 Å². The molecule has 0 aliphatic rings. The van der Waals surface area contributed by atoms with Crippen LogP contribution in [0.2, 0.25) is 0 Å². The molecule has 2 N–H and O–H groups in total. The molecule has 1 amide bonds. The molecule has 0 fully saturated rings. The minimum Gasteiger partial charge on any atom is -0.444 e. The van der Waals surface area contributed by atoms with Gasteiger partial charge in [-0.05, 0) is 46.1 Å². The van der Waals surface area contributed by atoms with Gasteiger partial charge in [0.05, 0.1) is 5.54 Å². The van der Waals surface area contributed by atoms with Gasteiger partial charge < -0.3 is 15.4 Å². The third kappa shape index (κ3) is 7.46. The number of benzene rings is 1. The monoisotopic (exact) mass is 306 g/mol. The topological polar surface area (TPSA) is 50.4 Å². The second-order valence-electron chi connectivity index (χ2n) is 7.45. The Morgan fingerprint density at radius 3 is 2.27 bits per heavy atom. The summed E-state index contributed by atoms with van der Waals surface area (Å²) in [5, 5.41) is 6.32. The van der Waals surface area contributed by atoms with Crippen LogP contribution < -0.4 is 10.6 Å². The molecule has 0 bridgehead atoms. The maximum Gasteiger partial charge on any atom is 0.408 e. The van der Waals surface area contributed by atoms with E-state index < -0.39 is 5.60 Å². The van der Waals surface area contributed by atoms with Gasteiger partial charge in [0.25, 0.3) is 0 Å². The van der Waals surface area contributed by atoms with Gasteiger partial charge in [-0.3, -0.25) is 0 Å². The van der Waals surface area contributed by atoms with Crippen LogP contribution in [0.15, 0.2) is 30.3 Å². The summed E-state index contributed by atoms with van der Waals surface area (Å²) in [6.45, 7) is 13.3. The van der Waals surface area contributed by atoms with E-state index in [0.29, 0.717) is 12.5 Å². The molecule has 124 valence electrons. The summed E-state index contributed by atoms with van der Waals surface area (Å²) in [5.41, 5.74) is 0.474. The minimum absolute atomic E-state index is 0.362. The van der Waals surface area contributed by atoms with Crippen LogP contribution in [-0.4, -0.2) is 30.3 Å². The van der Waals surface area contributed by atoms with Crippen molar-refractivity contribution in [1.29, 1.82) is 0 Å². The Morgan fingerprint density at radius 2 is 1.73 bits per heavy atom. The quantitative estimate of drug-likeness (QED) is 0.843. The van der Waals surface area contributed by atoms with Gasteiger partial charge in [0.15, 0.2) is 0 Å². The molecule has 1 unspecified atom stereocenters. The van der Waals surface area contributed by atoms with E-state index in [1.807, 2.05) is 40.7 Å². The van der Waals surface area contributed by atoms with E-state index in [2.05, 4.69) is 41.8 Å². The number of hydrogen-bond donors (Lipinski definition) is 2. The Bertz CT molecular complexity index is 464. The lowest BCUT2D eigenvalue weighted by Gasteiger charge is -2.29. The van der Waals surface area contributed by atoms with E-state index in [1.165, 1.54) is 5.56 Å².